The summed E-state index contributed by atoms with van der Waals surface area (Å²) >= 11 is 0. The van der Waals surface area contributed by atoms with Gasteiger partial charge >= 0.3 is 0 Å². The van der Waals surface area contributed by atoms with Crippen LogP contribution in [0.1, 0.15) is 22.3 Å². The third kappa shape index (κ3) is 5.61. The highest BCUT2D eigenvalue weighted by atomic mass is 32.2. The van der Waals surface area contributed by atoms with E-state index in [4.69, 9.17) is 4.74 Å². The first-order chi connectivity index (χ1) is 15.6. The predicted octanol–water partition coefficient (Wildman–Crippen LogP) is 4.47. The summed E-state index contributed by atoms with van der Waals surface area (Å²) in [4.78, 5) is 14.9. The van der Waals surface area contributed by atoms with E-state index in [9.17, 15) is 13.2 Å². The fraction of sp³-hybridized carbons (Fsp3) is 0.269. The summed E-state index contributed by atoms with van der Waals surface area (Å²) in [5, 5.41) is 0. The lowest BCUT2D eigenvalue weighted by molar-refractivity contribution is -0.118. The molecule has 0 N–H and O–H groups in total. The third-order valence-corrected chi connectivity index (χ3v) is 7.63. The lowest BCUT2D eigenvalue weighted by Crippen LogP contribution is -2.41. The zero-order chi connectivity index (χ0) is 24.2. The van der Waals surface area contributed by atoms with Gasteiger partial charge in [-0.05, 0) is 49.6 Å². The van der Waals surface area contributed by atoms with Gasteiger partial charge in [-0.15, -0.1) is 0 Å². The summed E-state index contributed by atoms with van der Waals surface area (Å²) in [5.41, 5.74) is 3.75. The van der Waals surface area contributed by atoms with E-state index in [1.165, 1.54) is 9.21 Å². The summed E-state index contributed by atoms with van der Waals surface area (Å²) in [6, 6.07) is 20.1. The molecule has 3 rings (SSSR count). The van der Waals surface area contributed by atoms with Crippen LogP contribution in [0.4, 0.5) is 5.69 Å². The van der Waals surface area contributed by atoms with Gasteiger partial charge in [0.1, 0.15) is 5.75 Å². The fourth-order valence-electron chi connectivity index (χ4n) is 3.94. The number of benzene rings is 3. The molecule has 0 aliphatic rings. The number of aryl methyl sites for hydroxylation is 3. The van der Waals surface area contributed by atoms with Gasteiger partial charge in [0.2, 0.25) is 15.9 Å². The van der Waals surface area contributed by atoms with Crippen molar-refractivity contribution in [2.75, 3.05) is 25.6 Å². The van der Waals surface area contributed by atoms with Gasteiger partial charge in [0.05, 0.1) is 18.6 Å². The average molecular weight is 467 g/mol. The molecule has 0 aromatic heterocycles. The zero-order valence-corrected chi connectivity index (χ0v) is 20.5. The van der Waals surface area contributed by atoms with Crippen LogP contribution in [-0.2, 0) is 21.4 Å². The fourth-order valence-corrected chi connectivity index (χ4v) is 5.72. The van der Waals surface area contributed by atoms with Gasteiger partial charge in [0.25, 0.3) is 0 Å². The lowest BCUT2D eigenvalue weighted by Gasteiger charge is -2.26. The molecular formula is C26H30N2O4S. The molecule has 0 atom stereocenters. The minimum absolute atomic E-state index is 0.0909. The smallest absolute Gasteiger partial charge is 0.244 e. The standard InChI is InChI=1S/C26H30N2O4S/c1-19-14-20(2)26(21(3)15-19)33(30,31)28(17-22-10-7-6-8-11-22)18-25(29)27(4)23-12-9-13-24(16-23)32-5/h6-16H,17-18H2,1-5H3. The Morgan fingerprint density at radius 3 is 2.15 bits per heavy atom. The molecule has 33 heavy (non-hydrogen) atoms. The van der Waals surface area contributed by atoms with Crippen molar-refractivity contribution in [3.63, 3.8) is 0 Å². The van der Waals surface area contributed by atoms with E-state index in [1.807, 2.05) is 49.4 Å². The van der Waals surface area contributed by atoms with Crippen LogP contribution in [0.25, 0.3) is 0 Å². The molecule has 0 aliphatic heterocycles. The van der Waals surface area contributed by atoms with E-state index in [-0.39, 0.29) is 23.9 Å². The van der Waals surface area contributed by atoms with Crippen molar-refractivity contribution in [1.82, 2.24) is 4.31 Å². The number of hydrogen-bond acceptors (Lipinski definition) is 4. The van der Waals surface area contributed by atoms with Crippen molar-refractivity contribution in [3.05, 3.63) is 89.0 Å². The van der Waals surface area contributed by atoms with Crippen LogP contribution in [0.15, 0.2) is 71.6 Å². The number of likely N-dealkylation sites (N-methyl/N-ethyl adjacent to an activating group) is 1. The minimum atomic E-state index is -3.94. The molecule has 0 unspecified atom stereocenters. The van der Waals surface area contributed by atoms with E-state index in [1.54, 1.807) is 52.3 Å². The number of methoxy groups -OCH3 is 1. The van der Waals surface area contributed by atoms with E-state index in [2.05, 4.69) is 0 Å². The maximum Gasteiger partial charge on any atom is 0.244 e. The number of carbonyl (C=O) groups excluding carboxylic acids is 1. The molecule has 174 valence electrons. The highest BCUT2D eigenvalue weighted by Crippen LogP contribution is 2.27. The van der Waals surface area contributed by atoms with Crippen molar-refractivity contribution in [2.24, 2.45) is 0 Å². The zero-order valence-electron chi connectivity index (χ0n) is 19.7. The molecule has 0 saturated heterocycles. The van der Waals surface area contributed by atoms with Crippen molar-refractivity contribution in [2.45, 2.75) is 32.2 Å². The van der Waals surface area contributed by atoms with Crippen molar-refractivity contribution < 1.29 is 17.9 Å². The minimum Gasteiger partial charge on any atom is -0.497 e. The molecule has 0 saturated carbocycles. The molecule has 0 spiro atoms. The van der Waals surface area contributed by atoms with Crippen LogP contribution in [0.2, 0.25) is 0 Å². The van der Waals surface area contributed by atoms with Gasteiger partial charge < -0.3 is 9.64 Å². The quantitative estimate of drug-likeness (QED) is 0.491. The highest BCUT2D eigenvalue weighted by Gasteiger charge is 2.31. The number of sulfonamides is 1. The number of ether oxygens (including phenoxy) is 1. The molecule has 0 bridgehead atoms. The van der Waals surface area contributed by atoms with Gasteiger partial charge in [-0.1, -0.05) is 54.1 Å². The largest absolute Gasteiger partial charge is 0.497 e. The number of rotatable bonds is 8. The summed E-state index contributed by atoms with van der Waals surface area (Å²) in [5.74, 6) is 0.275. The molecule has 0 fully saturated rings. The Morgan fingerprint density at radius 2 is 1.55 bits per heavy atom. The predicted molar refractivity (Wildman–Crippen MR) is 131 cm³/mol. The second-order valence-corrected chi connectivity index (χ2v) is 10.0. The van der Waals surface area contributed by atoms with Crippen LogP contribution >= 0.6 is 0 Å². The van der Waals surface area contributed by atoms with Crippen LogP contribution < -0.4 is 9.64 Å². The van der Waals surface area contributed by atoms with Crippen molar-refractivity contribution in [3.8, 4) is 5.75 Å². The summed E-state index contributed by atoms with van der Waals surface area (Å²) in [6.07, 6.45) is 0. The maximum atomic E-state index is 13.8. The van der Waals surface area contributed by atoms with Gasteiger partial charge in [0, 0.05) is 25.3 Å². The van der Waals surface area contributed by atoms with Crippen molar-refractivity contribution >= 4 is 21.6 Å². The molecular weight excluding hydrogens is 436 g/mol. The van der Waals surface area contributed by atoms with Gasteiger partial charge in [-0.3, -0.25) is 4.79 Å². The lowest BCUT2D eigenvalue weighted by atomic mass is 10.1. The SMILES string of the molecule is COc1cccc(N(C)C(=O)CN(Cc2ccccc2)S(=O)(=O)c2c(C)cc(C)cc2C)c1. The second kappa shape index (κ2) is 10.2. The number of hydrogen-bond donors (Lipinski definition) is 0. The Morgan fingerprint density at radius 1 is 0.909 bits per heavy atom. The summed E-state index contributed by atoms with van der Waals surface area (Å²) < 4.78 is 34.1. The van der Waals surface area contributed by atoms with Gasteiger partial charge in [-0.25, -0.2) is 8.42 Å². The van der Waals surface area contributed by atoms with Crippen LogP contribution in [0.5, 0.6) is 5.75 Å². The van der Waals surface area contributed by atoms with Crippen LogP contribution in [0.3, 0.4) is 0 Å². The Hall–Kier alpha value is -3.16. The number of anilines is 1. The van der Waals surface area contributed by atoms with Crippen LogP contribution in [0, 0.1) is 20.8 Å². The monoisotopic (exact) mass is 466 g/mol. The molecule has 0 radical (unpaired) electrons. The summed E-state index contributed by atoms with van der Waals surface area (Å²) in [7, 11) is -0.751. The first-order valence-electron chi connectivity index (χ1n) is 10.7. The first kappa shape index (κ1) is 24.5. The van der Waals surface area contributed by atoms with E-state index < -0.39 is 10.0 Å². The van der Waals surface area contributed by atoms with Gasteiger partial charge in [-0.2, -0.15) is 4.31 Å². The van der Waals surface area contributed by atoms with E-state index in [0.717, 1.165) is 11.1 Å². The number of amides is 1. The Labute approximate surface area is 196 Å². The molecule has 0 heterocycles. The Kier molecular flexibility index (Phi) is 7.56. The number of nitrogens with zero attached hydrogens (tertiary/aromatic N) is 2. The molecule has 3 aromatic rings. The van der Waals surface area contributed by atoms with Crippen LogP contribution in [-0.4, -0.2) is 39.3 Å². The molecule has 3 aromatic carbocycles. The Bertz CT molecular complexity index is 1220. The maximum absolute atomic E-state index is 13.8. The van der Waals surface area contributed by atoms with Crippen molar-refractivity contribution in [1.29, 1.82) is 0 Å². The van der Waals surface area contributed by atoms with E-state index in [0.29, 0.717) is 22.6 Å². The average Bonchev–Trinajstić information content (AvgIpc) is 2.77. The third-order valence-electron chi connectivity index (χ3n) is 5.53. The second-order valence-electron chi connectivity index (χ2n) is 8.14. The highest BCUT2D eigenvalue weighted by molar-refractivity contribution is 7.89. The molecule has 7 heteroatoms. The molecule has 6 nitrogen and oxygen atoms in total. The Balaban J connectivity index is 1.98. The number of carbonyl (C=O) groups is 1. The first-order valence-corrected chi connectivity index (χ1v) is 12.1. The topological polar surface area (TPSA) is 66.9 Å². The van der Waals surface area contributed by atoms with E-state index >= 15 is 0 Å². The summed E-state index contributed by atoms with van der Waals surface area (Å²) in [6.45, 7) is 5.31. The van der Waals surface area contributed by atoms with Gasteiger partial charge in [0.15, 0.2) is 0 Å². The molecule has 1 amide bonds. The molecule has 0 aliphatic carbocycles. The normalized spacial score (nSPS) is 11.5.